The molecule has 1 aliphatic heterocycles. The van der Waals surface area contributed by atoms with Gasteiger partial charge in [0.25, 0.3) is 0 Å². The average molecular weight is 222 g/mol. The van der Waals surface area contributed by atoms with E-state index in [4.69, 9.17) is 0 Å². The highest BCUT2D eigenvalue weighted by molar-refractivity contribution is 5.82. The van der Waals surface area contributed by atoms with Crippen molar-refractivity contribution in [1.82, 2.24) is 10.2 Å². The zero-order chi connectivity index (χ0) is 11.1. The number of likely N-dealkylation sites (N-methyl/N-ethyl adjacent to an activating group) is 1. The molecule has 0 radical (unpaired) electrons. The molecule has 0 aromatic heterocycles. The third-order valence-corrected chi connectivity index (χ3v) is 4.78. The molecule has 2 aliphatic carbocycles. The van der Waals surface area contributed by atoms with Crippen molar-refractivity contribution in [3.8, 4) is 0 Å². The van der Waals surface area contributed by atoms with Crippen LogP contribution in [0.2, 0.25) is 0 Å². The van der Waals surface area contributed by atoms with E-state index in [1.165, 1.54) is 32.1 Å². The Morgan fingerprint density at radius 3 is 2.75 bits per heavy atom. The van der Waals surface area contributed by atoms with Crippen molar-refractivity contribution >= 4 is 5.91 Å². The van der Waals surface area contributed by atoms with Crippen molar-refractivity contribution in [1.29, 1.82) is 0 Å². The van der Waals surface area contributed by atoms with Crippen LogP contribution in [0.4, 0.5) is 0 Å². The number of carbonyl (C=O) groups excluding carboxylic acids is 1. The first-order valence-corrected chi connectivity index (χ1v) is 6.79. The molecule has 16 heavy (non-hydrogen) atoms. The first kappa shape index (κ1) is 10.6. The summed E-state index contributed by atoms with van der Waals surface area (Å²) in [6.45, 7) is 1.00. The highest BCUT2D eigenvalue weighted by atomic mass is 16.2. The van der Waals surface area contributed by atoms with Gasteiger partial charge in [0, 0.05) is 12.6 Å². The van der Waals surface area contributed by atoms with E-state index >= 15 is 0 Å². The Morgan fingerprint density at radius 1 is 1.25 bits per heavy atom. The number of nitrogens with one attached hydrogen (secondary N) is 1. The Kier molecular flexibility index (Phi) is 2.66. The Morgan fingerprint density at radius 2 is 2.12 bits per heavy atom. The quantitative estimate of drug-likeness (QED) is 0.765. The first-order valence-electron chi connectivity index (χ1n) is 6.79. The summed E-state index contributed by atoms with van der Waals surface area (Å²) in [6, 6.07) is 0.673. The van der Waals surface area contributed by atoms with Crippen molar-refractivity contribution in [2.75, 3.05) is 13.6 Å². The molecular formula is C13H22N2O. The van der Waals surface area contributed by atoms with Gasteiger partial charge in [-0.1, -0.05) is 0 Å². The second-order valence-electron chi connectivity index (χ2n) is 5.67. The monoisotopic (exact) mass is 222 g/mol. The normalized spacial score (nSPS) is 43.1. The van der Waals surface area contributed by atoms with Gasteiger partial charge >= 0.3 is 0 Å². The number of hydrogen-bond acceptors (Lipinski definition) is 2. The van der Waals surface area contributed by atoms with Crippen LogP contribution in [0.25, 0.3) is 0 Å². The summed E-state index contributed by atoms with van der Waals surface area (Å²) in [5, 5.41) is 3.18. The number of carbonyl (C=O) groups is 1. The minimum absolute atomic E-state index is 0.0836. The average Bonchev–Trinajstić information content (AvgIpc) is 3.00. The summed E-state index contributed by atoms with van der Waals surface area (Å²) in [4.78, 5) is 14.6. The molecule has 0 aromatic carbocycles. The van der Waals surface area contributed by atoms with E-state index < -0.39 is 0 Å². The van der Waals surface area contributed by atoms with Gasteiger partial charge in [0.05, 0.1) is 6.04 Å². The maximum atomic E-state index is 12.4. The van der Waals surface area contributed by atoms with Crippen LogP contribution in [0.3, 0.4) is 0 Å². The third-order valence-electron chi connectivity index (χ3n) is 4.78. The molecule has 3 heteroatoms. The molecule has 0 spiro atoms. The fourth-order valence-corrected chi connectivity index (χ4v) is 3.72. The zero-order valence-electron chi connectivity index (χ0n) is 10.1. The number of amides is 1. The second kappa shape index (κ2) is 4.02. The summed E-state index contributed by atoms with van der Waals surface area (Å²) in [6.07, 6.45) is 7.42. The Labute approximate surface area is 97.6 Å². The summed E-state index contributed by atoms with van der Waals surface area (Å²) in [5.74, 6) is 2.20. The smallest absolute Gasteiger partial charge is 0.239 e. The van der Waals surface area contributed by atoms with Gasteiger partial charge < -0.3 is 10.2 Å². The lowest BCUT2D eigenvalue weighted by Crippen LogP contribution is -2.48. The molecule has 0 bridgehead atoms. The summed E-state index contributed by atoms with van der Waals surface area (Å²) >= 11 is 0. The second-order valence-corrected chi connectivity index (χ2v) is 5.67. The van der Waals surface area contributed by atoms with Gasteiger partial charge in [-0.05, 0) is 57.4 Å². The van der Waals surface area contributed by atoms with Crippen molar-refractivity contribution in [3.05, 3.63) is 0 Å². The maximum Gasteiger partial charge on any atom is 0.239 e. The first-order chi connectivity index (χ1) is 7.81. The summed E-state index contributed by atoms with van der Waals surface area (Å²) in [5.41, 5.74) is 0. The van der Waals surface area contributed by atoms with Gasteiger partial charge in [-0.15, -0.1) is 0 Å². The third kappa shape index (κ3) is 1.65. The van der Waals surface area contributed by atoms with Gasteiger partial charge in [0.1, 0.15) is 0 Å². The maximum absolute atomic E-state index is 12.4. The molecule has 1 N–H and O–H groups in total. The summed E-state index contributed by atoms with van der Waals surface area (Å²) in [7, 11) is 1.92. The van der Waals surface area contributed by atoms with Crippen LogP contribution in [0.5, 0.6) is 0 Å². The van der Waals surface area contributed by atoms with E-state index in [9.17, 15) is 4.79 Å². The standard InChI is InChI=1S/C13H22N2O/c1-14-11-4-2-3-7-15(13(11)16)12-6-5-9-8-10(9)12/h9-12,14H,2-8H2,1H3. The molecule has 2 saturated carbocycles. The van der Waals surface area contributed by atoms with Crippen molar-refractivity contribution in [2.24, 2.45) is 11.8 Å². The van der Waals surface area contributed by atoms with E-state index in [2.05, 4.69) is 10.2 Å². The van der Waals surface area contributed by atoms with Crippen LogP contribution < -0.4 is 5.32 Å². The van der Waals surface area contributed by atoms with Gasteiger partial charge in [0.15, 0.2) is 0 Å². The predicted octanol–water partition coefficient (Wildman–Crippen LogP) is 1.39. The lowest BCUT2D eigenvalue weighted by atomic mass is 10.1. The molecule has 3 rings (SSSR count). The fraction of sp³-hybridized carbons (Fsp3) is 0.923. The number of rotatable bonds is 2. The topological polar surface area (TPSA) is 32.3 Å². The molecule has 4 atom stereocenters. The molecule has 1 saturated heterocycles. The number of hydrogen-bond donors (Lipinski definition) is 1. The van der Waals surface area contributed by atoms with Crippen molar-refractivity contribution < 1.29 is 4.79 Å². The van der Waals surface area contributed by atoms with Crippen LogP contribution in [-0.4, -0.2) is 36.5 Å². The fourth-order valence-electron chi connectivity index (χ4n) is 3.72. The van der Waals surface area contributed by atoms with E-state index in [-0.39, 0.29) is 6.04 Å². The van der Waals surface area contributed by atoms with Crippen LogP contribution >= 0.6 is 0 Å². The SMILES string of the molecule is CNC1CCCCN(C2CCC3CC32)C1=O. The van der Waals surface area contributed by atoms with Crippen LogP contribution in [0, 0.1) is 11.8 Å². The van der Waals surface area contributed by atoms with Gasteiger partial charge in [-0.2, -0.15) is 0 Å². The van der Waals surface area contributed by atoms with Gasteiger partial charge in [-0.3, -0.25) is 4.79 Å². The van der Waals surface area contributed by atoms with E-state index in [1.807, 2.05) is 7.05 Å². The van der Waals surface area contributed by atoms with Gasteiger partial charge in [-0.25, -0.2) is 0 Å². The van der Waals surface area contributed by atoms with E-state index in [1.54, 1.807) is 0 Å². The van der Waals surface area contributed by atoms with E-state index in [0.29, 0.717) is 11.9 Å². The Bertz CT molecular complexity index is 292. The minimum Gasteiger partial charge on any atom is -0.338 e. The number of fused-ring (bicyclic) bond motifs is 1. The number of nitrogens with zero attached hydrogens (tertiary/aromatic N) is 1. The molecule has 0 aromatic rings. The molecule has 4 unspecified atom stereocenters. The highest BCUT2D eigenvalue weighted by Gasteiger charge is 2.51. The Balaban J connectivity index is 1.73. The van der Waals surface area contributed by atoms with E-state index in [0.717, 1.165) is 24.8 Å². The predicted molar refractivity (Wildman–Crippen MR) is 63.0 cm³/mol. The molecule has 3 aliphatic rings. The number of likely N-dealkylation sites (tertiary alicyclic amines) is 1. The molecule has 3 nitrogen and oxygen atoms in total. The van der Waals surface area contributed by atoms with Gasteiger partial charge in [0.2, 0.25) is 5.91 Å². The molecule has 90 valence electrons. The molecule has 1 heterocycles. The Hall–Kier alpha value is -0.570. The van der Waals surface area contributed by atoms with Crippen molar-refractivity contribution in [2.45, 2.75) is 50.6 Å². The summed E-state index contributed by atoms with van der Waals surface area (Å²) < 4.78 is 0. The van der Waals surface area contributed by atoms with Crippen LogP contribution in [-0.2, 0) is 4.79 Å². The molecule has 1 amide bonds. The van der Waals surface area contributed by atoms with Crippen LogP contribution in [0.1, 0.15) is 38.5 Å². The van der Waals surface area contributed by atoms with Crippen molar-refractivity contribution in [3.63, 3.8) is 0 Å². The lowest BCUT2D eigenvalue weighted by molar-refractivity contribution is -0.135. The largest absolute Gasteiger partial charge is 0.338 e. The highest BCUT2D eigenvalue weighted by Crippen LogP contribution is 2.53. The van der Waals surface area contributed by atoms with Crippen LogP contribution in [0.15, 0.2) is 0 Å². The molecular weight excluding hydrogens is 200 g/mol. The molecule has 3 fully saturated rings. The zero-order valence-corrected chi connectivity index (χ0v) is 10.1. The lowest BCUT2D eigenvalue weighted by Gasteiger charge is -2.31. The minimum atomic E-state index is 0.0836.